The number of hydrogen-bond donors (Lipinski definition) is 2. The number of fused-ring (bicyclic) bond motifs is 1. The van der Waals surface area contributed by atoms with Gasteiger partial charge in [-0.1, -0.05) is 17.7 Å². The summed E-state index contributed by atoms with van der Waals surface area (Å²) in [4.78, 5) is 33.2. The first-order chi connectivity index (χ1) is 17.4. The molecule has 1 fully saturated rings. The lowest BCUT2D eigenvalue weighted by molar-refractivity contribution is -0.116. The first-order valence-electron chi connectivity index (χ1n) is 11.9. The molecule has 2 aromatic carbocycles. The van der Waals surface area contributed by atoms with Crippen molar-refractivity contribution in [3.05, 3.63) is 47.1 Å². The fourth-order valence-corrected chi connectivity index (χ4v) is 4.56. The maximum absolute atomic E-state index is 12.9. The molecule has 0 aliphatic carbocycles. The first kappa shape index (κ1) is 25.7. The fraction of sp³-hybridized carbons (Fsp3) is 0.385. The molecule has 1 amide bonds. The number of amides is 1. The number of ether oxygens (including phenoxy) is 3. The van der Waals surface area contributed by atoms with Crippen molar-refractivity contribution in [3.63, 3.8) is 0 Å². The number of halogens is 1. The van der Waals surface area contributed by atoms with Crippen LogP contribution in [0.2, 0.25) is 5.02 Å². The van der Waals surface area contributed by atoms with Gasteiger partial charge in [0.2, 0.25) is 5.91 Å². The predicted molar refractivity (Wildman–Crippen MR) is 141 cm³/mol. The summed E-state index contributed by atoms with van der Waals surface area (Å²) in [5.74, 6) is 0.275. The number of aromatic amines is 1. The van der Waals surface area contributed by atoms with Crippen molar-refractivity contribution < 1.29 is 23.8 Å². The fourth-order valence-electron chi connectivity index (χ4n) is 4.37. The lowest BCUT2D eigenvalue weighted by atomic mass is 10.2. The summed E-state index contributed by atoms with van der Waals surface area (Å²) >= 11 is 6.13. The number of nitrogens with zero attached hydrogens (tertiary/aromatic N) is 2. The zero-order valence-electron chi connectivity index (χ0n) is 20.7. The Kier molecular flexibility index (Phi) is 8.22. The standard InChI is InChI=1S/C26H31ClN4O5/c1-4-36-26(33)25-24(19-15-21(34-2)22(35-3)16-20(19)28-25)29-23(32)8-9-30-10-12-31(13-11-30)18-7-5-6-17(27)14-18/h5-7,14-16,28H,4,8-13H2,1-3H3,(H,29,32). The number of anilines is 2. The van der Waals surface area contributed by atoms with Gasteiger partial charge < -0.3 is 29.4 Å². The van der Waals surface area contributed by atoms with E-state index in [2.05, 4.69) is 26.2 Å². The molecule has 36 heavy (non-hydrogen) atoms. The van der Waals surface area contributed by atoms with Crippen LogP contribution in [-0.4, -0.2) is 75.3 Å². The van der Waals surface area contributed by atoms with E-state index in [9.17, 15) is 9.59 Å². The number of H-pyrrole nitrogens is 1. The van der Waals surface area contributed by atoms with Crippen LogP contribution < -0.4 is 19.7 Å². The Balaban J connectivity index is 1.43. The number of carbonyl (C=O) groups excluding carboxylic acids is 2. The Bertz CT molecular complexity index is 1240. The third kappa shape index (κ3) is 5.68. The molecule has 2 heterocycles. The molecule has 0 radical (unpaired) electrons. The molecule has 2 N–H and O–H groups in total. The molecule has 1 aliphatic rings. The topological polar surface area (TPSA) is 96.1 Å². The number of methoxy groups -OCH3 is 2. The van der Waals surface area contributed by atoms with Crippen LogP contribution in [0.1, 0.15) is 23.8 Å². The predicted octanol–water partition coefficient (Wildman–Crippen LogP) is 4.17. The smallest absolute Gasteiger partial charge is 0.356 e. The van der Waals surface area contributed by atoms with E-state index < -0.39 is 5.97 Å². The Morgan fingerprint density at radius 3 is 2.44 bits per heavy atom. The highest BCUT2D eigenvalue weighted by Gasteiger charge is 2.23. The van der Waals surface area contributed by atoms with Crippen molar-refractivity contribution >= 4 is 45.8 Å². The number of esters is 1. The normalized spacial score (nSPS) is 14.1. The van der Waals surface area contributed by atoms with Crippen LogP contribution in [0.25, 0.3) is 10.9 Å². The van der Waals surface area contributed by atoms with Gasteiger partial charge in [-0.3, -0.25) is 9.69 Å². The van der Waals surface area contributed by atoms with E-state index >= 15 is 0 Å². The Hall–Kier alpha value is -3.43. The van der Waals surface area contributed by atoms with Gasteiger partial charge in [-0.05, 0) is 31.2 Å². The summed E-state index contributed by atoms with van der Waals surface area (Å²) in [7, 11) is 3.07. The van der Waals surface area contributed by atoms with Crippen molar-refractivity contribution in [1.29, 1.82) is 0 Å². The van der Waals surface area contributed by atoms with Crippen LogP contribution >= 0.6 is 11.6 Å². The number of aromatic nitrogens is 1. The van der Waals surface area contributed by atoms with Crippen LogP contribution in [0.3, 0.4) is 0 Å². The zero-order valence-corrected chi connectivity index (χ0v) is 21.5. The highest BCUT2D eigenvalue weighted by Crippen LogP contribution is 2.37. The maximum atomic E-state index is 12.9. The maximum Gasteiger partial charge on any atom is 0.356 e. The Labute approximate surface area is 215 Å². The van der Waals surface area contributed by atoms with Gasteiger partial charge in [0, 0.05) is 61.3 Å². The molecule has 0 bridgehead atoms. The van der Waals surface area contributed by atoms with Gasteiger partial charge in [0.1, 0.15) is 5.69 Å². The van der Waals surface area contributed by atoms with Crippen LogP contribution in [0.15, 0.2) is 36.4 Å². The largest absolute Gasteiger partial charge is 0.493 e. The minimum absolute atomic E-state index is 0.186. The highest BCUT2D eigenvalue weighted by molar-refractivity contribution is 6.30. The summed E-state index contributed by atoms with van der Waals surface area (Å²) in [5.41, 5.74) is 2.30. The van der Waals surface area contributed by atoms with Gasteiger partial charge in [-0.25, -0.2) is 4.79 Å². The van der Waals surface area contributed by atoms with Crippen molar-refractivity contribution in [1.82, 2.24) is 9.88 Å². The van der Waals surface area contributed by atoms with Gasteiger partial charge in [-0.15, -0.1) is 0 Å². The lowest BCUT2D eigenvalue weighted by Gasteiger charge is -2.36. The van der Waals surface area contributed by atoms with E-state index in [1.807, 2.05) is 18.2 Å². The molecule has 1 aromatic heterocycles. The molecule has 9 nitrogen and oxygen atoms in total. The third-order valence-corrected chi connectivity index (χ3v) is 6.48. The molecule has 0 saturated carbocycles. The van der Waals surface area contributed by atoms with Crippen LogP contribution in [-0.2, 0) is 9.53 Å². The second kappa shape index (κ2) is 11.5. The summed E-state index contributed by atoms with van der Waals surface area (Å²) in [5, 5.41) is 4.29. The number of piperazine rings is 1. The monoisotopic (exact) mass is 514 g/mol. The second-order valence-electron chi connectivity index (χ2n) is 8.45. The molecule has 1 saturated heterocycles. The molecule has 192 valence electrons. The SMILES string of the molecule is CCOC(=O)c1[nH]c2cc(OC)c(OC)cc2c1NC(=O)CCN1CCN(c2cccc(Cl)c2)CC1. The van der Waals surface area contributed by atoms with E-state index in [4.69, 9.17) is 25.8 Å². The van der Waals surface area contributed by atoms with E-state index in [1.54, 1.807) is 19.1 Å². The number of nitrogens with one attached hydrogen (secondary N) is 2. The number of benzene rings is 2. The molecular formula is C26H31ClN4O5. The molecule has 3 aromatic rings. The summed E-state index contributed by atoms with van der Waals surface area (Å²) in [6.07, 6.45) is 0.291. The molecule has 1 aliphatic heterocycles. The molecule has 4 rings (SSSR count). The van der Waals surface area contributed by atoms with Gasteiger partial charge in [0.25, 0.3) is 0 Å². The highest BCUT2D eigenvalue weighted by atomic mass is 35.5. The quantitative estimate of drug-likeness (QED) is 0.414. The summed E-state index contributed by atoms with van der Waals surface area (Å²) in [6, 6.07) is 11.3. The van der Waals surface area contributed by atoms with E-state index in [-0.39, 0.29) is 18.2 Å². The van der Waals surface area contributed by atoms with Crippen LogP contribution in [0.4, 0.5) is 11.4 Å². The lowest BCUT2D eigenvalue weighted by Crippen LogP contribution is -2.47. The second-order valence-corrected chi connectivity index (χ2v) is 8.89. The van der Waals surface area contributed by atoms with Gasteiger partial charge in [0.15, 0.2) is 11.5 Å². The van der Waals surface area contributed by atoms with Gasteiger partial charge >= 0.3 is 5.97 Å². The summed E-state index contributed by atoms with van der Waals surface area (Å²) in [6.45, 7) is 5.98. The zero-order chi connectivity index (χ0) is 25.7. The number of rotatable bonds is 9. The van der Waals surface area contributed by atoms with Gasteiger partial charge in [-0.2, -0.15) is 0 Å². The molecule has 0 unspecified atom stereocenters. The number of hydrogen-bond acceptors (Lipinski definition) is 7. The number of carbonyl (C=O) groups is 2. The Morgan fingerprint density at radius 2 is 1.78 bits per heavy atom. The minimum atomic E-state index is -0.543. The van der Waals surface area contributed by atoms with Gasteiger partial charge in [0.05, 0.1) is 32.0 Å². The molecular weight excluding hydrogens is 484 g/mol. The van der Waals surface area contributed by atoms with E-state index in [0.29, 0.717) is 41.1 Å². The van der Waals surface area contributed by atoms with Crippen molar-refractivity contribution in [2.24, 2.45) is 0 Å². The Morgan fingerprint density at radius 1 is 1.06 bits per heavy atom. The van der Waals surface area contributed by atoms with E-state index in [1.165, 1.54) is 14.2 Å². The van der Waals surface area contributed by atoms with Crippen molar-refractivity contribution in [3.8, 4) is 11.5 Å². The average molecular weight is 515 g/mol. The van der Waals surface area contributed by atoms with Crippen molar-refractivity contribution in [2.75, 3.05) is 63.8 Å². The van der Waals surface area contributed by atoms with Crippen LogP contribution in [0.5, 0.6) is 11.5 Å². The third-order valence-electron chi connectivity index (χ3n) is 6.25. The molecule has 0 atom stereocenters. The average Bonchev–Trinajstić information content (AvgIpc) is 3.24. The molecule has 0 spiro atoms. The van der Waals surface area contributed by atoms with E-state index in [0.717, 1.165) is 36.9 Å². The molecule has 10 heteroatoms. The first-order valence-corrected chi connectivity index (χ1v) is 12.3. The summed E-state index contributed by atoms with van der Waals surface area (Å²) < 4.78 is 16.0. The van der Waals surface area contributed by atoms with Crippen LogP contribution in [0, 0.1) is 0 Å². The minimum Gasteiger partial charge on any atom is -0.493 e. The van der Waals surface area contributed by atoms with Crippen molar-refractivity contribution in [2.45, 2.75) is 13.3 Å².